The van der Waals surface area contributed by atoms with E-state index in [1.807, 2.05) is 18.2 Å². The van der Waals surface area contributed by atoms with Gasteiger partial charge in [0.1, 0.15) is 0 Å². The van der Waals surface area contributed by atoms with Crippen molar-refractivity contribution >= 4 is 5.91 Å². The summed E-state index contributed by atoms with van der Waals surface area (Å²) in [4.78, 5) is 11.4. The monoisotopic (exact) mass is 191 g/mol. The average molecular weight is 191 g/mol. The highest BCUT2D eigenvalue weighted by Gasteiger charge is 2.08. The second-order valence-corrected chi connectivity index (χ2v) is 3.81. The van der Waals surface area contributed by atoms with Gasteiger partial charge in [0.05, 0.1) is 0 Å². The van der Waals surface area contributed by atoms with Crippen molar-refractivity contribution in [2.45, 2.75) is 26.7 Å². The van der Waals surface area contributed by atoms with Gasteiger partial charge in [-0.25, -0.2) is 0 Å². The quantitative estimate of drug-likeness (QED) is 0.764. The van der Waals surface area contributed by atoms with Crippen molar-refractivity contribution in [1.29, 1.82) is 0 Å². The molecule has 0 aliphatic rings. The van der Waals surface area contributed by atoms with Gasteiger partial charge in [0.2, 0.25) is 0 Å². The van der Waals surface area contributed by atoms with Crippen molar-refractivity contribution in [2.24, 2.45) is 0 Å². The molecule has 1 aromatic carbocycles. The van der Waals surface area contributed by atoms with Crippen LogP contribution in [0.25, 0.3) is 0 Å². The Hall–Kier alpha value is -1.31. The lowest BCUT2D eigenvalue weighted by molar-refractivity contribution is 0.0963. The molecule has 0 aliphatic carbocycles. The van der Waals surface area contributed by atoms with Crippen molar-refractivity contribution in [1.82, 2.24) is 5.32 Å². The molecule has 0 fully saturated rings. The first kappa shape index (κ1) is 10.8. The fourth-order valence-corrected chi connectivity index (χ4v) is 1.55. The summed E-state index contributed by atoms with van der Waals surface area (Å²) in [5, 5.41) is 2.63. The van der Waals surface area contributed by atoms with Crippen molar-refractivity contribution in [3.63, 3.8) is 0 Å². The van der Waals surface area contributed by atoms with Gasteiger partial charge in [0.25, 0.3) is 5.91 Å². The molecule has 0 unspecified atom stereocenters. The molecule has 1 amide bonds. The maximum absolute atomic E-state index is 11.4. The van der Waals surface area contributed by atoms with Gasteiger partial charge in [-0.15, -0.1) is 0 Å². The van der Waals surface area contributed by atoms with E-state index in [2.05, 4.69) is 26.1 Å². The minimum absolute atomic E-state index is 0.0214. The van der Waals surface area contributed by atoms with Crippen LogP contribution in [0.3, 0.4) is 0 Å². The summed E-state index contributed by atoms with van der Waals surface area (Å²) in [6.07, 6.45) is 0. The number of nitrogens with one attached hydrogen (secondary N) is 1. The third kappa shape index (κ3) is 2.13. The highest BCUT2D eigenvalue weighted by Crippen LogP contribution is 2.20. The molecule has 0 heterocycles. The number of hydrogen-bond donors (Lipinski definition) is 1. The Kier molecular flexibility index (Phi) is 3.28. The van der Waals surface area contributed by atoms with E-state index in [1.54, 1.807) is 7.05 Å². The molecule has 0 saturated carbocycles. The lowest BCUT2D eigenvalue weighted by Gasteiger charge is -2.11. The zero-order valence-electron chi connectivity index (χ0n) is 9.22. The summed E-state index contributed by atoms with van der Waals surface area (Å²) in [6, 6.07) is 5.83. The SMILES string of the molecule is CNC(=O)c1ccc(C)c(C(C)C)c1. The molecule has 0 bridgehead atoms. The Labute approximate surface area is 85.3 Å². The van der Waals surface area contributed by atoms with Crippen molar-refractivity contribution in [2.75, 3.05) is 7.05 Å². The van der Waals surface area contributed by atoms with Crippen molar-refractivity contribution in [3.05, 3.63) is 34.9 Å². The fraction of sp³-hybridized carbons (Fsp3) is 0.417. The predicted octanol–water partition coefficient (Wildman–Crippen LogP) is 2.48. The predicted molar refractivity (Wildman–Crippen MR) is 58.7 cm³/mol. The van der Waals surface area contributed by atoms with Gasteiger partial charge < -0.3 is 5.32 Å². The Morgan fingerprint density at radius 1 is 1.36 bits per heavy atom. The summed E-state index contributed by atoms with van der Waals surface area (Å²) in [6.45, 7) is 6.34. The van der Waals surface area contributed by atoms with Crippen LogP contribution in [0.15, 0.2) is 18.2 Å². The number of aryl methyl sites for hydroxylation is 1. The minimum Gasteiger partial charge on any atom is -0.355 e. The summed E-state index contributed by atoms with van der Waals surface area (Å²) in [5.74, 6) is 0.437. The van der Waals surface area contributed by atoms with Gasteiger partial charge in [-0.3, -0.25) is 4.79 Å². The molecule has 1 aromatic rings. The van der Waals surface area contributed by atoms with Crippen molar-refractivity contribution in [3.8, 4) is 0 Å². The van der Waals surface area contributed by atoms with Crippen LogP contribution in [0.2, 0.25) is 0 Å². The van der Waals surface area contributed by atoms with Crippen molar-refractivity contribution < 1.29 is 4.79 Å². The third-order valence-electron chi connectivity index (χ3n) is 2.39. The molecule has 0 atom stereocenters. The van der Waals surface area contributed by atoms with E-state index in [0.717, 1.165) is 5.56 Å². The van der Waals surface area contributed by atoms with Gasteiger partial charge in [-0.2, -0.15) is 0 Å². The van der Waals surface area contributed by atoms with Gasteiger partial charge in [0, 0.05) is 12.6 Å². The Morgan fingerprint density at radius 2 is 2.00 bits per heavy atom. The zero-order valence-corrected chi connectivity index (χ0v) is 9.22. The smallest absolute Gasteiger partial charge is 0.251 e. The lowest BCUT2D eigenvalue weighted by Crippen LogP contribution is -2.18. The largest absolute Gasteiger partial charge is 0.355 e. The van der Waals surface area contributed by atoms with Gasteiger partial charge in [0.15, 0.2) is 0 Å². The first-order valence-corrected chi connectivity index (χ1v) is 4.89. The van der Waals surface area contributed by atoms with E-state index in [-0.39, 0.29) is 5.91 Å². The Balaban J connectivity index is 3.13. The molecular formula is C12H17NO. The van der Waals surface area contributed by atoms with Crippen LogP contribution in [0.4, 0.5) is 0 Å². The third-order valence-corrected chi connectivity index (χ3v) is 2.39. The van der Waals surface area contributed by atoms with Crippen LogP contribution < -0.4 is 5.32 Å². The second kappa shape index (κ2) is 4.27. The van der Waals surface area contributed by atoms with E-state index in [9.17, 15) is 4.79 Å². The topological polar surface area (TPSA) is 29.1 Å². The summed E-state index contributed by atoms with van der Waals surface area (Å²) in [5.41, 5.74) is 3.22. The van der Waals surface area contributed by atoms with E-state index in [4.69, 9.17) is 0 Å². The van der Waals surface area contributed by atoms with Gasteiger partial charge in [-0.1, -0.05) is 19.9 Å². The average Bonchev–Trinajstić information content (AvgIpc) is 2.17. The minimum atomic E-state index is -0.0214. The first-order valence-electron chi connectivity index (χ1n) is 4.89. The highest BCUT2D eigenvalue weighted by atomic mass is 16.1. The van der Waals surface area contributed by atoms with Crippen LogP contribution >= 0.6 is 0 Å². The number of hydrogen-bond acceptors (Lipinski definition) is 1. The zero-order chi connectivity index (χ0) is 10.7. The summed E-state index contributed by atoms with van der Waals surface area (Å²) >= 11 is 0. The summed E-state index contributed by atoms with van der Waals surface area (Å²) < 4.78 is 0. The highest BCUT2D eigenvalue weighted by molar-refractivity contribution is 5.94. The maximum atomic E-state index is 11.4. The number of benzene rings is 1. The molecule has 0 spiro atoms. The van der Waals surface area contributed by atoms with Crippen LogP contribution in [-0.2, 0) is 0 Å². The lowest BCUT2D eigenvalue weighted by atomic mass is 9.96. The fourth-order valence-electron chi connectivity index (χ4n) is 1.55. The molecular weight excluding hydrogens is 174 g/mol. The molecule has 1 rings (SSSR count). The normalized spacial score (nSPS) is 10.4. The Bertz CT molecular complexity index is 342. The molecule has 2 nitrogen and oxygen atoms in total. The molecule has 14 heavy (non-hydrogen) atoms. The molecule has 1 N–H and O–H groups in total. The van der Waals surface area contributed by atoms with E-state index >= 15 is 0 Å². The van der Waals surface area contributed by atoms with E-state index < -0.39 is 0 Å². The second-order valence-electron chi connectivity index (χ2n) is 3.81. The van der Waals surface area contributed by atoms with Crippen LogP contribution in [0.1, 0.15) is 41.3 Å². The first-order chi connectivity index (χ1) is 6.56. The molecule has 0 saturated heterocycles. The van der Waals surface area contributed by atoms with E-state index in [1.165, 1.54) is 11.1 Å². The van der Waals surface area contributed by atoms with Crippen LogP contribution in [0, 0.1) is 6.92 Å². The summed E-state index contributed by atoms with van der Waals surface area (Å²) in [7, 11) is 1.65. The van der Waals surface area contributed by atoms with Gasteiger partial charge in [-0.05, 0) is 36.1 Å². The van der Waals surface area contributed by atoms with Crippen LogP contribution in [-0.4, -0.2) is 13.0 Å². The number of carbonyl (C=O) groups excluding carboxylic acids is 1. The standard InChI is InChI=1S/C12H17NO/c1-8(2)11-7-10(12(14)13-4)6-5-9(11)3/h5-8H,1-4H3,(H,13,14). The number of carbonyl (C=O) groups is 1. The maximum Gasteiger partial charge on any atom is 0.251 e. The number of amides is 1. The molecule has 0 aliphatic heterocycles. The molecule has 2 heteroatoms. The molecule has 0 radical (unpaired) electrons. The number of rotatable bonds is 2. The molecule has 76 valence electrons. The van der Waals surface area contributed by atoms with Crippen LogP contribution in [0.5, 0.6) is 0 Å². The van der Waals surface area contributed by atoms with E-state index in [0.29, 0.717) is 5.92 Å². The van der Waals surface area contributed by atoms with Gasteiger partial charge >= 0.3 is 0 Å². The molecule has 0 aromatic heterocycles. The Morgan fingerprint density at radius 3 is 2.50 bits per heavy atom.